The molecule has 2 rings (SSSR count). The second-order valence-electron chi connectivity index (χ2n) is 5.65. The van der Waals surface area contributed by atoms with E-state index in [2.05, 4.69) is 10.0 Å². The highest BCUT2D eigenvalue weighted by Crippen LogP contribution is 2.16. The van der Waals surface area contributed by atoms with E-state index in [4.69, 9.17) is 0 Å². The van der Waals surface area contributed by atoms with Gasteiger partial charge in [0.05, 0.1) is 4.90 Å². The Hall–Kier alpha value is -2.18. The summed E-state index contributed by atoms with van der Waals surface area (Å²) in [5, 5.41) is 2.84. The van der Waals surface area contributed by atoms with Gasteiger partial charge in [0.1, 0.15) is 0 Å². The van der Waals surface area contributed by atoms with E-state index < -0.39 is 10.0 Å². The Bertz CT molecular complexity index is 845. The van der Waals surface area contributed by atoms with E-state index in [9.17, 15) is 13.2 Å². The predicted molar refractivity (Wildman–Crippen MR) is 94.4 cm³/mol. The van der Waals surface area contributed by atoms with Gasteiger partial charge in [0, 0.05) is 18.7 Å². The molecule has 0 radical (unpaired) electrons. The molecular formula is C18H22N2O3S. The van der Waals surface area contributed by atoms with Gasteiger partial charge in [-0.15, -0.1) is 0 Å². The van der Waals surface area contributed by atoms with Crippen LogP contribution < -0.4 is 10.0 Å². The van der Waals surface area contributed by atoms with Crippen LogP contribution in [0.15, 0.2) is 47.4 Å². The summed E-state index contributed by atoms with van der Waals surface area (Å²) in [5.41, 5.74) is 3.21. The first-order chi connectivity index (χ1) is 11.3. The lowest BCUT2D eigenvalue weighted by atomic mass is 10.1. The Morgan fingerprint density at radius 3 is 2.50 bits per heavy atom. The number of carbonyl (C=O) groups excluding carboxylic acids is 1. The molecule has 2 aromatic rings. The zero-order valence-electron chi connectivity index (χ0n) is 14.1. The molecule has 0 bridgehead atoms. The molecule has 0 aliphatic carbocycles. The maximum Gasteiger partial charge on any atom is 0.251 e. The van der Waals surface area contributed by atoms with Crippen LogP contribution in [0.5, 0.6) is 0 Å². The van der Waals surface area contributed by atoms with E-state index in [0.29, 0.717) is 18.7 Å². The molecule has 2 aromatic carbocycles. The minimum atomic E-state index is -3.59. The fourth-order valence-corrected chi connectivity index (χ4v) is 3.45. The zero-order valence-corrected chi connectivity index (χ0v) is 14.9. The van der Waals surface area contributed by atoms with E-state index in [1.54, 1.807) is 19.9 Å². The smallest absolute Gasteiger partial charge is 0.251 e. The number of nitrogens with one attached hydrogen (secondary N) is 2. The average Bonchev–Trinajstić information content (AvgIpc) is 2.53. The molecule has 0 aliphatic rings. The van der Waals surface area contributed by atoms with Crippen LogP contribution in [0.2, 0.25) is 0 Å². The molecule has 0 unspecified atom stereocenters. The average molecular weight is 346 g/mol. The second kappa shape index (κ2) is 7.59. The minimum absolute atomic E-state index is 0.0932. The molecule has 0 fully saturated rings. The van der Waals surface area contributed by atoms with E-state index in [-0.39, 0.29) is 10.8 Å². The van der Waals surface area contributed by atoms with Crippen molar-refractivity contribution >= 4 is 15.9 Å². The van der Waals surface area contributed by atoms with E-state index in [1.165, 1.54) is 12.1 Å². The Morgan fingerprint density at radius 1 is 1.08 bits per heavy atom. The Kier molecular flexibility index (Phi) is 5.75. The van der Waals surface area contributed by atoms with Crippen LogP contribution in [0.4, 0.5) is 0 Å². The third-order valence-corrected chi connectivity index (χ3v) is 5.18. The minimum Gasteiger partial charge on any atom is -0.348 e. The predicted octanol–water partition coefficient (Wildman–Crippen LogP) is 2.53. The molecule has 0 atom stereocenters. The maximum absolute atomic E-state index is 12.4. The normalized spacial score (nSPS) is 11.3. The maximum atomic E-state index is 12.4. The molecule has 128 valence electrons. The summed E-state index contributed by atoms with van der Waals surface area (Å²) in [6.45, 7) is 6.17. The molecule has 1 amide bonds. The standard InChI is InChI=1S/C18H22N2O3S/c1-4-20-24(22,23)16-9-8-14(3)17(11-16)18(21)19-12-15-7-5-6-13(2)10-15/h5-11,20H,4,12H2,1-3H3,(H,19,21). The first-order valence-corrected chi connectivity index (χ1v) is 9.26. The molecular weight excluding hydrogens is 324 g/mol. The largest absolute Gasteiger partial charge is 0.348 e. The molecule has 24 heavy (non-hydrogen) atoms. The van der Waals surface area contributed by atoms with Crippen LogP contribution in [0.1, 0.15) is 34.0 Å². The van der Waals surface area contributed by atoms with Crippen molar-refractivity contribution in [1.29, 1.82) is 0 Å². The van der Waals surface area contributed by atoms with Crippen molar-refractivity contribution in [2.45, 2.75) is 32.2 Å². The molecule has 2 N–H and O–H groups in total. The van der Waals surface area contributed by atoms with Crippen molar-refractivity contribution in [3.05, 3.63) is 64.7 Å². The Labute approximate surface area is 143 Å². The summed E-state index contributed by atoms with van der Waals surface area (Å²) in [6, 6.07) is 12.4. The van der Waals surface area contributed by atoms with Gasteiger partial charge in [-0.05, 0) is 37.1 Å². The number of sulfonamides is 1. The van der Waals surface area contributed by atoms with Gasteiger partial charge in [-0.2, -0.15) is 0 Å². The number of aryl methyl sites for hydroxylation is 2. The lowest BCUT2D eigenvalue weighted by Gasteiger charge is -2.11. The van der Waals surface area contributed by atoms with Crippen LogP contribution in [-0.2, 0) is 16.6 Å². The van der Waals surface area contributed by atoms with Crippen LogP contribution in [-0.4, -0.2) is 20.9 Å². The van der Waals surface area contributed by atoms with Crippen LogP contribution >= 0.6 is 0 Å². The summed E-state index contributed by atoms with van der Waals surface area (Å²) in [4.78, 5) is 12.5. The number of rotatable bonds is 6. The van der Waals surface area contributed by atoms with Crippen LogP contribution in [0, 0.1) is 13.8 Å². The molecule has 5 nitrogen and oxygen atoms in total. The fourth-order valence-electron chi connectivity index (χ4n) is 2.39. The van der Waals surface area contributed by atoms with Gasteiger partial charge in [-0.1, -0.05) is 42.8 Å². The summed E-state index contributed by atoms with van der Waals surface area (Å²) >= 11 is 0. The van der Waals surface area contributed by atoms with E-state index in [1.807, 2.05) is 31.2 Å². The van der Waals surface area contributed by atoms with Gasteiger partial charge >= 0.3 is 0 Å². The number of hydrogen-bond acceptors (Lipinski definition) is 3. The summed E-state index contributed by atoms with van der Waals surface area (Å²) in [5.74, 6) is -0.289. The highest BCUT2D eigenvalue weighted by molar-refractivity contribution is 7.89. The quantitative estimate of drug-likeness (QED) is 0.844. The van der Waals surface area contributed by atoms with Gasteiger partial charge in [0.2, 0.25) is 10.0 Å². The Balaban J connectivity index is 2.20. The lowest BCUT2D eigenvalue weighted by molar-refractivity contribution is 0.0950. The van der Waals surface area contributed by atoms with Crippen molar-refractivity contribution in [2.24, 2.45) is 0 Å². The van der Waals surface area contributed by atoms with Gasteiger partial charge in [-0.25, -0.2) is 13.1 Å². The Morgan fingerprint density at radius 2 is 1.83 bits per heavy atom. The summed E-state index contributed by atoms with van der Waals surface area (Å²) in [6.07, 6.45) is 0. The molecule has 0 spiro atoms. The van der Waals surface area contributed by atoms with Crippen molar-refractivity contribution in [3.63, 3.8) is 0 Å². The number of hydrogen-bond donors (Lipinski definition) is 2. The third kappa shape index (κ3) is 4.43. The monoisotopic (exact) mass is 346 g/mol. The van der Waals surface area contributed by atoms with Gasteiger partial charge in [-0.3, -0.25) is 4.79 Å². The van der Waals surface area contributed by atoms with Crippen LogP contribution in [0.3, 0.4) is 0 Å². The van der Waals surface area contributed by atoms with Gasteiger partial charge < -0.3 is 5.32 Å². The molecule has 0 saturated carbocycles. The number of benzene rings is 2. The number of amides is 1. The third-order valence-electron chi connectivity index (χ3n) is 3.63. The highest BCUT2D eigenvalue weighted by Gasteiger charge is 2.17. The highest BCUT2D eigenvalue weighted by atomic mass is 32.2. The topological polar surface area (TPSA) is 75.3 Å². The van der Waals surface area contributed by atoms with Gasteiger partial charge in [0.15, 0.2) is 0 Å². The van der Waals surface area contributed by atoms with E-state index in [0.717, 1.165) is 16.7 Å². The molecule has 0 aliphatic heterocycles. The first-order valence-electron chi connectivity index (χ1n) is 7.77. The van der Waals surface area contributed by atoms with Crippen molar-refractivity contribution in [2.75, 3.05) is 6.54 Å². The van der Waals surface area contributed by atoms with Crippen molar-refractivity contribution in [1.82, 2.24) is 10.0 Å². The molecule has 0 aromatic heterocycles. The molecule has 6 heteroatoms. The molecule has 0 heterocycles. The van der Waals surface area contributed by atoms with Crippen molar-refractivity contribution < 1.29 is 13.2 Å². The number of carbonyl (C=O) groups is 1. The van der Waals surface area contributed by atoms with Crippen LogP contribution in [0.25, 0.3) is 0 Å². The fraction of sp³-hybridized carbons (Fsp3) is 0.278. The van der Waals surface area contributed by atoms with Crippen molar-refractivity contribution in [3.8, 4) is 0 Å². The molecule has 0 saturated heterocycles. The summed E-state index contributed by atoms with van der Waals surface area (Å²) < 4.78 is 26.6. The van der Waals surface area contributed by atoms with Gasteiger partial charge in [0.25, 0.3) is 5.91 Å². The SMILES string of the molecule is CCNS(=O)(=O)c1ccc(C)c(C(=O)NCc2cccc(C)c2)c1. The first kappa shape index (κ1) is 18.2. The summed E-state index contributed by atoms with van der Waals surface area (Å²) in [7, 11) is -3.59. The van der Waals surface area contributed by atoms with E-state index >= 15 is 0 Å². The second-order valence-corrected chi connectivity index (χ2v) is 7.42. The zero-order chi connectivity index (χ0) is 17.7. The lowest BCUT2D eigenvalue weighted by Crippen LogP contribution is -2.26.